The van der Waals surface area contributed by atoms with E-state index in [1.54, 1.807) is 17.8 Å². The van der Waals surface area contributed by atoms with E-state index in [-0.39, 0.29) is 11.8 Å². The van der Waals surface area contributed by atoms with E-state index in [1.807, 2.05) is 18.0 Å². The normalized spacial score (nSPS) is 15.3. The van der Waals surface area contributed by atoms with Gasteiger partial charge in [-0.15, -0.1) is 0 Å². The van der Waals surface area contributed by atoms with Crippen LogP contribution in [0.1, 0.15) is 31.4 Å². The number of nitrogens with one attached hydrogen (secondary N) is 1. The fraction of sp³-hybridized carbons (Fsp3) is 0.500. The molecule has 1 fully saturated rings. The average Bonchev–Trinajstić information content (AvgIpc) is 3.21. The Labute approximate surface area is 140 Å². The zero-order chi connectivity index (χ0) is 17.1. The number of aryl methyl sites for hydroxylation is 2. The molecule has 1 aliphatic heterocycles. The number of anilines is 2. The van der Waals surface area contributed by atoms with Gasteiger partial charge in [0.15, 0.2) is 5.89 Å². The topological polar surface area (TPSA) is 100.0 Å². The first-order valence-electron chi connectivity index (χ1n) is 8.06. The molecule has 0 aromatic carbocycles. The number of hydrogen-bond donors (Lipinski definition) is 1. The van der Waals surface area contributed by atoms with Gasteiger partial charge in [-0.05, 0) is 19.8 Å². The first-order valence-corrected chi connectivity index (χ1v) is 8.06. The number of carbonyl (C=O) groups excluding carboxylic acids is 1. The third kappa shape index (κ3) is 3.25. The molecule has 126 valence electrons. The summed E-state index contributed by atoms with van der Waals surface area (Å²) in [4.78, 5) is 18.4. The Bertz CT molecular complexity index is 764. The van der Waals surface area contributed by atoms with E-state index in [4.69, 9.17) is 9.68 Å². The predicted molar refractivity (Wildman–Crippen MR) is 87.4 cm³/mol. The minimum Gasteiger partial charge on any atom is -0.424 e. The lowest BCUT2D eigenvalue weighted by Gasteiger charge is -2.30. The highest BCUT2D eigenvalue weighted by Gasteiger charge is 2.28. The summed E-state index contributed by atoms with van der Waals surface area (Å²) in [5.74, 6) is 0.952. The third-order valence-corrected chi connectivity index (χ3v) is 4.20. The molecule has 1 amide bonds. The van der Waals surface area contributed by atoms with Crippen LogP contribution in [0, 0.1) is 24.2 Å². The summed E-state index contributed by atoms with van der Waals surface area (Å²) in [5.41, 5.74) is 1.03. The average molecular weight is 328 g/mol. The molecule has 2 aromatic heterocycles. The fourth-order valence-corrected chi connectivity index (χ4v) is 2.89. The Kier molecular flexibility index (Phi) is 4.51. The molecule has 8 heteroatoms. The van der Waals surface area contributed by atoms with Crippen molar-refractivity contribution < 1.29 is 9.21 Å². The lowest BCUT2D eigenvalue weighted by atomic mass is 9.96. The molecular formula is C16H20N6O2. The zero-order valence-corrected chi connectivity index (χ0v) is 13.8. The van der Waals surface area contributed by atoms with Gasteiger partial charge < -0.3 is 14.6 Å². The lowest BCUT2D eigenvalue weighted by Crippen LogP contribution is -2.38. The standard InChI is InChI=1S/C16H20N6O2/c1-3-22-10-13(9-18-22)20-15(23)12-4-6-21(7-5-12)16-14(8-17)19-11(2)24-16/h9-10,12H,3-7H2,1-2H3,(H,20,23). The SMILES string of the molecule is CCn1cc(NC(=O)C2CCN(c3oc(C)nc3C#N)CC2)cn1. The summed E-state index contributed by atoms with van der Waals surface area (Å²) in [7, 11) is 0. The van der Waals surface area contributed by atoms with Gasteiger partial charge in [0.1, 0.15) is 6.07 Å². The summed E-state index contributed by atoms with van der Waals surface area (Å²) in [5, 5.41) is 16.2. The summed E-state index contributed by atoms with van der Waals surface area (Å²) in [6.45, 7) is 5.81. The van der Waals surface area contributed by atoms with E-state index in [1.165, 1.54) is 0 Å². The largest absolute Gasteiger partial charge is 0.424 e. The molecule has 0 saturated carbocycles. The van der Waals surface area contributed by atoms with Gasteiger partial charge in [0.05, 0.1) is 11.9 Å². The van der Waals surface area contributed by atoms with Crippen LogP contribution in [0.3, 0.4) is 0 Å². The van der Waals surface area contributed by atoms with Crippen LogP contribution in [0.2, 0.25) is 0 Å². The van der Waals surface area contributed by atoms with Crippen molar-refractivity contribution in [1.82, 2.24) is 14.8 Å². The first kappa shape index (κ1) is 16.1. The molecule has 0 atom stereocenters. The number of amides is 1. The summed E-state index contributed by atoms with van der Waals surface area (Å²) < 4.78 is 7.30. The second kappa shape index (κ2) is 6.74. The Morgan fingerprint density at radius 3 is 2.88 bits per heavy atom. The Hall–Kier alpha value is -2.82. The van der Waals surface area contributed by atoms with E-state index < -0.39 is 0 Å². The van der Waals surface area contributed by atoms with Gasteiger partial charge in [0.25, 0.3) is 0 Å². The Morgan fingerprint density at radius 2 is 2.25 bits per heavy atom. The molecular weight excluding hydrogens is 308 g/mol. The second-order valence-corrected chi connectivity index (χ2v) is 5.83. The molecule has 0 spiro atoms. The van der Waals surface area contributed by atoms with E-state index in [2.05, 4.69) is 21.5 Å². The lowest BCUT2D eigenvalue weighted by molar-refractivity contribution is -0.120. The molecule has 2 aromatic rings. The monoisotopic (exact) mass is 328 g/mol. The van der Waals surface area contributed by atoms with Crippen molar-refractivity contribution in [3.8, 4) is 6.07 Å². The molecule has 0 unspecified atom stereocenters. The molecule has 1 N–H and O–H groups in total. The Balaban J connectivity index is 1.58. The maximum absolute atomic E-state index is 12.4. The van der Waals surface area contributed by atoms with Crippen molar-refractivity contribution in [2.45, 2.75) is 33.2 Å². The van der Waals surface area contributed by atoms with Crippen molar-refractivity contribution in [2.75, 3.05) is 23.3 Å². The fourth-order valence-electron chi connectivity index (χ4n) is 2.89. The van der Waals surface area contributed by atoms with E-state index in [9.17, 15) is 4.79 Å². The summed E-state index contributed by atoms with van der Waals surface area (Å²) in [6.07, 6.45) is 4.90. The van der Waals surface area contributed by atoms with Gasteiger partial charge in [-0.25, -0.2) is 4.98 Å². The van der Waals surface area contributed by atoms with Crippen LogP contribution >= 0.6 is 0 Å². The van der Waals surface area contributed by atoms with Gasteiger partial charge in [-0.2, -0.15) is 10.4 Å². The predicted octanol–water partition coefficient (Wildman–Crippen LogP) is 1.93. The summed E-state index contributed by atoms with van der Waals surface area (Å²) in [6, 6.07) is 2.05. The molecule has 8 nitrogen and oxygen atoms in total. The number of nitriles is 1. The molecule has 1 aliphatic rings. The minimum absolute atomic E-state index is 0.0135. The van der Waals surface area contributed by atoms with Crippen LogP contribution in [0.5, 0.6) is 0 Å². The third-order valence-electron chi connectivity index (χ3n) is 4.20. The van der Waals surface area contributed by atoms with E-state index in [0.717, 1.165) is 12.2 Å². The van der Waals surface area contributed by atoms with Crippen molar-refractivity contribution in [3.63, 3.8) is 0 Å². The first-order chi connectivity index (χ1) is 11.6. The second-order valence-electron chi connectivity index (χ2n) is 5.83. The molecule has 3 rings (SSSR count). The molecule has 0 radical (unpaired) electrons. The summed E-state index contributed by atoms with van der Waals surface area (Å²) >= 11 is 0. The van der Waals surface area contributed by atoms with Crippen LogP contribution in [0.25, 0.3) is 0 Å². The number of nitrogens with zero attached hydrogens (tertiary/aromatic N) is 5. The number of carbonyl (C=O) groups is 1. The number of piperidine rings is 1. The van der Waals surface area contributed by atoms with Gasteiger partial charge in [-0.3, -0.25) is 9.48 Å². The highest BCUT2D eigenvalue weighted by Crippen LogP contribution is 2.27. The van der Waals surface area contributed by atoms with Gasteiger partial charge in [-0.1, -0.05) is 0 Å². The van der Waals surface area contributed by atoms with E-state index in [0.29, 0.717) is 43.4 Å². The highest BCUT2D eigenvalue weighted by molar-refractivity contribution is 5.92. The molecule has 24 heavy (non-hydrogen) atoms. The van der Waals surface area contributed by atoms with Crippen molar-refractivity contribution >= 4 is 17.5 Å². The van der Waals surface area contributed by atoms with Crippen molar-refractivity contribution in [2.24, 2.45) is 5.92 Å². The van der Waals surface area contributed by atoms with Crippen molar-refractivity contribution in [3.05, 3.63) is 24.0 Å². The quantitative estimate of drug-likeness (QED) is 0.920. The maximum Gasteiger partial charge on any atom is 0.234 e. The Morgan fingerprint density at radius 1 is 1.50 bits per heavy atom. The number of aromatic nitrogens is 3. The van der Waals surface area contributed by atoms with Crippen molar-refractivity contribution in [1.29, 1.82) is 5.26 Å². The van der Waals surface area contributed by atoms with Crippen LogP contribution in [0.4, 0.5) is 11.6 Å². The van der Waals surface area contributed by atoms with Crippen LogP contribution in [0.15, 0.2) is 16.8 Å². The highest BCUT2D eigenvalue weighted by atomic mass is 16.4. The molecule has 1 saturated heterocycles. The molecule has 0 aliphatic carbocycles. The number of rotatable bonds is 4. The van der Waals surface area contributed by atoms with Gasteiger partial charge in [0, 0.05) is 38.7 Å². The number of oxazole rings is 1. The molecule has 0 bridgehead atoms. The van der Waals surface area contributed by atoms with Crippen LogP contribution in [-0.2, 0) is 11.3 Å². The molecule has 3 heterocycles. The van der Waals surface area contributed by atoms with Gasteiger partial charge in [0.2, 0.25) is 17.5 Å². The zero-order valence-electron chi connectivity index (χ0n) is 13.8. The smallest absolute Gasteiger partial charge is 0.234 e. The van der Waals surface area contributed by atoms with Crippen LogP contribution in [-0.4, -0.2) is 33.8 Å². The number of hydrogen-bond acceptors (Lipinski definition) is 6. The van der Waals surface area contributed by atoms with Crippen LogP contribution < -0.4 is 10.2 Å². The maximum atomic E-state index is 12.4. The van der Waals surface area contributed by atoms with Gasteiger partial charge >= 0.3 is 0 Å². The minimum atomic E-state index is -0.0548. The van der Waals surface area contributed by atoms with E-state index >= 15 is 0 Å².